The van der Waals surface area contributed by atoms with Crippen LogP contribution in [-0.4, -0.2) is 69.5 Å². The van der Waals surface area contributed by atoms with E-state index in [1.54, 1.807) is 18.2 Å². The van der Waals surface area contributed by atoms with Crippen molar-refractivity contribution in [2.45, 2.75) is 6.42 Å². The molecule has 1 atom stereocenters. The molecule has 1 aromatic rings. The molecule has 0 radical (unpaired) electrons. The molecule has 0 saturated carbocycles. The molecule has 1 aliphatic rings. The van der Waals surface area contributed by atoms with Crippen LogP contribution in [0.25, 0.3) is 0 Å². The smallest absolute Gasteiger partial charge is 0.311 e. The number of hydrogen-bond donors (Lipinski definition) is 1. The number of halogens is 1. The lowest BCUT2D eigenvalue weighted by molar-refractivity contribution is -0.155. The highest BCUT2D eigenvalue weighted by Crippen LogP contribution is 2.35. The Kier molecular flexibility index (Phi) is 7.22. The lowest BCUT2D eigenvalue weighted by atomic mass is 10.1. The molecule has 152 valence electrons. The summed E-state index contributed by atoms with van der Waals surface area (Å²) in [6.45, 7) is -0.550. The zero-order valence-electron chi connectivity index (χ0n) is 15.9. The van der Waals surface area contributed by atoms with Crippen molar-refractivity contribution in [2.75, 3.05) is 45.8 Å². The Morgan fingerprint density at radius 1 is 1.36 bits per heavy atom. The molecule has 10 heteroatoms. The fourth-order valence-electron chi connectivity index (χ4n) is 2.72. The zero-order valence-corrected chi connectivity index (χ0v) is 16.6. The number of carbonyl (C=O) groups excluding carboxylic acids is 4. The van der Waals surface area contributed by atoms with Gasteiger partial charge in [-0.15, -0.1) is 0 Å². The first-order valence-corrected chi connectivity index (χ1v) is 8.89. The number of amides is 3. The molecule has 1 fully saturated rings. The van der Waals surface area contributed by atoms with E-state index in [0.29, 0.717) is 16.5 Å². The number of ether oxygens (including phenoxy) is 2. The molecule has 0 bridgehead atoms. The molecular weight excluding hydrogens is 390 g/mol. The predicted molar refractivity (Wildman–Crippen MR) is 101 cm³/mol. The van der Waals surface area contributed by atoms with Crippen LogP contribution in [0.3, 0.4) is 0 Å². The molecule has 0 spiro atoms. The van der Waals surface area contributed by atoms with Crippen molar-refractivity contribution in [1.29, 1.82) is 0 Å². The number of benzene rings is 1. The monoisotopic (exact) mass is 411 g/mol. The predicted octanol–water partition coefficient (Wildman–Crippen LogP) is 0.449. The largest absolute Gasteiger partial charge is 0.495 e. The Labute approximate surface area is 167 Å². The van der Waals surface area contributed by atoms with Crippen LogP contribution in [0, 0.1) is 5.92 Å². The van der Waals surface area contributed by atoms with Crippen molar-refractivity contribution in [3.05, 3.63) is 23.2 Å². The van der Waals surface area contributed by atoms with E-state index in [2.05, 4.69) is 5.32 Å². The second kappa shape index (κ2) is 9.41. The number of carbonyl (C=O) groups is 4. The molecule has 1 aliphatic heterocycles. The number of nitrogens with one attached hydrogen (secondary N) is 1. The van der Waals surface area contributed by atoms with Crippen molar-refractivity contribution in [3.8, 4) is 5.75 Å². The van der Waals surface area contributed by atoms with Crippen molar-refractivity contribution < 1.29 is 28.7 Å². The topological polar surface area (TPSA) is 105 Å². The lowest BCUT2D eigenvalue weighted by Crippen LogP contribution is -2.39. The van der Waals surface area contributed by atoms with Crippen molar-refractivity contribution >= 4 is 41.0 Å². The maximum Gasteiger partial charge on any atom is 0.311 e. The third-order valence-electron chi connectivity index (χ3n) is 4.31. The number of rotatable bonds is 7. The quantitative estimate of drug-likeness (QED) is 0.653. The van der Waals surface area contributed by atoms with E-state index in [9.17, 15) is 19.2 Å². The third-order valence-corrected chi connectivity index (χ3v) is 4.55. The van der Waals surface area contributed by atoms with Crippen molar-refractivity contribution in [3.63, 3.8) is 0 Å². The van der Waals surface area contributed by atoms with Crippen molar-refractivity contribution in [2.24, 2.45) is 5.92 Å². The zero-order chi connectivity index (χ0) is 20.8. The minimum Gasteiger partial charge on any atom is -0.495 e. The lowest BCUT2D eigenvalue weighted by Gasteiger charge is -2.20. The molecule has 9 nitrogen and oxygen atoms in total. The van der Waals surface area contributed by atoms with Gasteiger partial charge in [0.25, 0.3) is 5.91 Å². The molecule has 28 heavy (non-hydrogen) atoms. The summed E-state index contributed by atoms with van der Waals surface area (Å²) in [5.74, 6) is -2.04. The average molecular weight is 412 g/mol. The first kappa shape index (κ1) is 21.5. The molecular formula is C18H22ClN3O6. The normalized spacial score (nSPS) is 15.9. The van der Waals surface area contributed by atoms with Crippen LogP contribution in [-0.2, 0) is 23.9 Å². The Balaban J connectivity index is 1.96. The molecule has 0 aromatic heterocycles. The average Bonchev–Trinajstić information content (AvgIpc) is 3.07. The number of esters is 1. The van der Waals surface area contributed by atoms with E-state index in [1.165, 1.54) is 26.1 Å². The van der Waals surface area contributed by atoms with Crippen LogP contribution >= 0.6 is 11.6 Å². The standard InChI is InChI=1S/C18H22ClN3O6/c1-20-15(23)9-21(2)17(25)10-28-18(26)11-6-16(24)22(8-11)13-7-12(19)4-5-14(13)27-3/h4-5,7,11H,6,8-10H2,1-3H3,(H,20,23)/t11-/m0/s1. The summed E-state index contributed by atoms with van der Waals surface area (Å²) < 4.78 is 10.3. The summed E-state index contributed by atoms with van der Waals surface area (Å²) >= 11 is 6.00. The fraction of sp³-hybridized carbons (Fsp3) is 0.444. The molecule has 0 unspecified atom stereocenters. The molecule has 1 aromatic carbocycles. The number of hydrogen-bond acceptors (Lipinski definition) is 6. The van der Waals surface area contributed by atoms with E-state index in [0.717, 1.165) is 4.90 Å². The van der Waals surface area contributed by atoms with Gasteiger partial charge < -0.3 is 24.6 Å². The molecule has 3 amide bonds. The number of likely N-dealkylation sites (N-methyl/N-ethyl adjacent to an activating group) is 2. The van der Waals surface area contributed by atoms with Gasteiger partial charge in [-0.05, 0) is 18.2 Å². The molecule has 1 saturated heterocycles. The first-order valence-electron chi connectivity index (χ1n) is 8.52. The summed E-state index contributed by atoms with van der Waals surface area (Å²) in [6, 6.07) is 4.86. The highest BCUT2D eigenvalue weighted by atomic mass is 35.5. The summed E-state index contributed by atoms with van der Waals surface area (Å²) in [5.41, 5.74) is 0.469. The summed E-state index contributed by atoms with van der Waals surface area (Å²) in [6.07, 6.45) is -0.0449. The van der Waals surface area contributed by atoms with E-state index in [4.69, 9.17) is 21.1 Å². The summed E-state index contributed by atoms with van der Waals surface area (Å²) in [4.78, 5) is 50.4. The Morgan fingerprint density at radius 2 is 2.07 bits per heavy atom. The van der Waals surface area contributed by atoms with Gasteiger partial charge in [-0.1, -0.05) is 11.6 Å². The Bertz CT molecular complexity index is 785. The van der Waals surface area contributed by atoms with Crippen molar-refractivity contribution in [1.82, 2.24) is 10.2 Å². The molecule has 2 rings (SSSR count). The van der Waals surface area contributed by atoms with Gasteiger partial charge in [0.05, 0.1) is 25.3 Å². The summed E-state index contributed by atoms with van der Waals surface area (Å²) in [7, 11) is 4.36. The Morgan fingerprint density at radius 3 is 2.71 bits per heavy atom. The van der Waals surface area contributed by atoms with Gasteiger partial charge in [0, 0.05) is 32.1 Å². The maximum absolute atomic E-state index is 12.4. The molecule has 1 heterocycles. The minimum atomic E-state index is -0.715. The van der Waals surface area contributed by atoms with Gasteiger partial charge in [0.15, 0.2) is 6.61 Å². The van der Waals surface area contributed by atoms with Crippen LogP contribution in [0.2, 0.25) is 5.02 Å². The van der Waals surface area contributed by atoms with Crippen LogP contribution in [0.15, 0.2) is 18.2 Å². The van der Waals surface area contributed by atoms with E-state index in [-0.39, 0.29) is 31.3 Å². The van der Waals surface area contributed by atoms with Crippen LogP contribution in [0.1, 0.15) is 6.42 Å². The second-order valence-electron chi connectivity index (χ2n) is 6.25. The second-order valence-corrected chi connectivity index (χ2v) is 6.69. The molecule has 1 N–H and O–H groups in total. The van der Waals surface area contributed by atoms with E-state index < -0.39 is 24.4 Å². The van der Waals surface area contributed by atoms with Gasteiger partial charge in [-0.25, -0.2) is 0 Å². The SMILES string of the molecule is CNC(=O)CN(C)C(=O)COC(=O)[C@H]1CC(=O)N(c2cc(Cl)ccc2OC)C1. The van der Waals surface area contributed by atoms with E-state index >= 15 is 0 Å². The van der Waals surface area contributed by atoms with Gasteiger partial charge in [-0.2, -0.15) is 0 Å². The van der Waals surface area contributed by atoms with E-state index in [1.807, 2.05) is 0 Å². The third kappa shape index (κ3) is 5.13. The van der Waals surface area contributed by atoms with Crippen LogP contribution < -0.4 is 15.0 Å². The number of anilines is 1. The van der Waals surface area contributed by atoms with Gasteiger partial charge in [-0.3, -0.25) is 19.2 Å². The Hall–Kier alpha value is -2.81. The highest BCUT2D eigenvalue weighted by Gasteiger charge is 2.37. The van der Waals surface area contributed by atoms with Gasteiger partial charge >= 0.3 is 5.97 Å². The van der Waals surface area contributed by atoms with Crippen LogP contribution in [0.4, 0.5) is 5.69 Å². The first-order chi connectivity index (χ1) is 13.3. The van der Waals surface area contributed by atoms with Crippen LogP contribution in [0.5, 0.6) is 5.75 Å². The highest BCUT2D eigenvalue weighted by molar-refractivity contribution is 6.31. The fourth-order valence-corrected chi connectivity index (χ4v) is 2.88. The number of methoxy groups -OCH3 is 1. The summed E-state index contributed by atoms with van der Waals surface area (Å²) in [5, 5.41) is 2.83. The minimum absolute atomic E-state index is 0.0449. The molecule has 0 aliphatic carbocycles. The van der Waals surface area contributed by atoms with Gasteiger partial charge in [0.1, 0.15) is 5.75 Å². The number of nitrogens with zero attached hydrogens (tertiary/aromatic N) is 2. The van der Waals surface area contributed by atoms with Gasteiger partial charge in [0.2, 0.25) is 11.8 Å². The maximum atomic E-state index is 12.4.